The molecule has 0 bridgehead atoms. The van der Waals surface area contributed by atoms with Gasteiger partial charge in [-0.3, -0.25) is 0 Å². The maximum Gasteiger partial charge on any atom is 0.241 e. The molecule has 1 aliphatic rings. The fraction of sp³-hybridized carbons (Fsp3) is 0.533. The number of hydrogen-bond acceptors (Lipinski definition) is 3. The second-order valence-electron chi connectivity index (χ2n) is 6.32. The van der Waals surface area contributed by atoms with Crippen LogP contribution in [0.5, 0.6) is 0 Å². The van der Waals surface area contributed by atoms with Crippen molar-refractivity contribution in [2.24, 2.45) is 5.41 Å². The van der Waals surface area contributed by atoms with Crippen LogP contribution in [0, 0.1) is 23.7 Å². The average molecular weight is 292 g/mol. The Hall–Kier alpha value is -1.38. The third kappa shape index (κ3) is 3.20. The van der Waals surface area contributed by atoms with E-state index in [0.29, 0.717) is 11.1 Å². The van der Waals surface area contributed by atoms with Crippen molar-refractivity contribution in [3.8, 4) is 6.07 Å². The summed E-state index contributed by atoms with van der Waals surface area (Å²) in [6.45, 7) is 6.06. The summed E-state index contributed by atoms with van der Waals surface area (Å²) in [6.07, 6.45) is 2.74. The van der Waals surface area contributed by atoms with Crippen LogP contribution < -0.4 is 4.72 Å². The largest absolute Gasteiger partial charge is 0.241 e. The van der Waals surface area contributed by atoms with Gasteiger partial charge in [0, 0.05) is 6.04 Å². The maximum absolute atomic E-state index is 12.5. The topological polar surface area (TPSA) is 70.0 Å². The van der Waals surface area contributed by atoms with E-state index in [9.17, 15) is 8.42 Å². The summed E-state index contributed by atoms with van der Waals surface area (Å²) in [5.74, 6) is 0. The van der Waals surface area contributed by atoms with Crippen molar-refractivity contribution >= 4 is 10.0 Å². The molecular weight excluding hydrogens is 272 g/mol. The van der Waals surface area contributed by atoms with E-state index < -0.39 is 10.0 Å². The van der Waals surface area contributed by atoms with Crippen LogP contribution in [-0.4, -0.2) is 14.5 Å². The molecule has 1 saturated carbocycles. The third-order valence-electron chi connectivity index (χ3n) is 3.90. The average Bonchev–Trinajstić information content (AvgIpc) is 2.68. The molecule has 4 nitrogen and oxygen atoms in total. The smallest absolute Gasteiger partial charge is 0.208 e. The monoisotopic (exact) mass is 292 g/mol. The van der Waals surface area contributed by atoms with Gasteiger partial charge in [0.25, 0.3) is 0 Å². The van der Waals surface area contributed by atoms with E-state index in [0.717, 1.165) is 19.3 Å². The molecular formula is C15H20N2O2S. The van der Waals surface area contributed by atoms with Crippen molar-refractivity contribution in [3.05, 3.63) is 29.3 Å². The number of nitrogens with zero attached hydrogens (tertiary/aromatic N) is 1. The van der Waals surface area contributed by atoms with Crippen molar-refractivity contribution in [1.29, 1.82) is 5.26 Å². The first-order chi connectivity index (χ1) is 9.23. The SMILES string of the molecule is Cc1ccc(C#N)cc1S(=O)(=O)NC1CCC(C)(C)C1. The molecule has 0 radical (unpaired) electrons. The highest BCUT2D eigenvalue weighted by atomic mass is 32.2. The van der Waals surface area contributed by atoms with Gasteiger partial charge < -0.3 is 0 Å². The Bertz CT molecular complexity index is 657. The Balaban J connectivity index is 2.26. The van der Waals surface area contributed by atoms with Crippen LogP contribution in [0.15, 0.2) is 23.1 Å². The lowest BCUT2D eigenvalue weighted by molar-refractivity contribution is 0.372. The molecule has 0 heterocycles. The van der Waals surface area contributed by atoms with Crippen molar-refractivity contribution in [2.45, 2.75) is 51.0 Å². The summed E-state index contributed by atoms with van der Waals surface area (Å²) >= 11 is 0. The van der Waals surface area contributed by atoms with Gasteiger partial charge in [-0.05, 0) is 49.3 Å². The molecule has 5 heteroatoms. The molecule has 1 atom stereocenters. The lowest BCUT2D eigenvalue weighted by Gasteiger charge is -2.18. The molecule has 1 aromatic carbocycles. The minimum Gasteiger partial charge on any atom is -0.208 e. The number of aryl methyl sites for hydroxylation is 1. The van der Waals surface area contributed by atoms with E-state index >= 15 is 0 Å². The Morgan fingerprint density at radius 1 is 1.40 bits per heavy atom. The van der Waals surface area contributed by atoms with Gasteiger partial charge in [0.1, 0.15) is 0 Å². The summed E-state index contributed by atoms with van der Waals surface area (Å²) in [6, 6.07) is 6.71. The molecule has 1 N–H and O–H groups in total. The lowest BCUT2D eigenvalue weighted by atomic mass is 9.92. The highest BCUT2D eigenvalue weighted by Crippen LogP contribution is 2.37. The number of rotatable bonds is 3. The predicted molar refractivity (Wildman–Crippen MR) is 77.6 cm³/mol. The van der Waals surface area contributed by atoms with E-state index in [-0.39, 0.29) is 16.4 Å². The van der Waals surface area contributed by atoms with Gasteiger partial charge in [0.15, 0.2) is 0 Å². The molecule has 108 valence electrons. The van der Waals surface area contributed by atoms with Crippen molar-refractivity contribution in [2.75, 3.05) is 0 Å². The summed E-state index contributed by atoms with van der Waals surface area (Å²) in [4.78, 5) is 0.209. The van der Waals surface area contributed by atoms with Crippen molar-refractivity contribution in [1.82, 2.24) is 4.72 Å². The highest BCUT2D eigenvalue weighted by molar-refractivity contribution is 7.89. The Morgan fingerprint density at radius 2 is 2.10 bits per heavy atom. The standard InChI is InChI=1S/C15H20N2O2S/c1-11-4-5-12(10-16)8-14(11)20(18,19)17-13-6-7-15(2,3)9-13/h4-5,8,13,17H,6-7,9H2,1-3H3. The summed E-state index contributed by atoms with van der Waals surface area (Å²) in [5.41, 5.74) is 1.22. The molecule has 0 aliphatic heterocycles. The van der Waals surface area contributed by atoms with Crippen LogP contribution in [0.3, 0.4) is 0 Å². The highest BCUT2D eigenvalue weighted by Gasteiger charge is 2.33. The van der Waals surface area contributed by atoms with Gasteiger partial charge in [-0.25, -0.2) is 13.1 Å². The van der Waals surface area contributed by atoms with E-state index in [2.05, 4.69) is 18.6 Å². The van der Waals surface area contributed by atoms with Crippen LogP contribution in [0.25, 0.3) is 0 Å². The molecule has 0 amide bonds. The zero-order chi connectivity index (χ0) is 15.0. The first kappa shape index (κ1) is 15.0. The molecule has 0 aromatic heterocycles. The zero-order valence-electron chi connectivity index (χ0n) is 12.1. The van der Waals surface area contributed by atoms with Crippen LogP contribution in [-0.2, 0) is 10.0 Å². The zero-order valence-corrected chi connectivity index (χ0v) is 12.9. The first-order valence-electron chi connectivity index (χ1n) is 6.77. The van der Waals surface area contributed by atoms with Gasteiger partial charge in [0.2, 0.25) is 10.0 Å². The maximum atomic E-state index is 12.5. The van der Waals surface area contributed by atoms with Gasteiger partial charge >= 0.3 is 0 Å². The summed E-state index contributed by atoms with van der Waals surface area (Å²) in [7, 11) is -3.56. The molecule has 1 unspecified atom stereocenters. The van der Waals surface area contributed by atoms with Gasteiger partial charge in [-0.2, -0.15) is 5.26 Å². The normalized spacial score (nSPS) is 21.6. The van der Waals surface area contributed by atoms with Crippen LogP contribution in [0.2, 0.25) is 0 Å². The van der Waals surface area contributed by atoms with Gasteiger partial charge in [0.05, 0.1) is 16.5 Å². The molecule has 1 aromatic rings. The van der Waals surface area contributed by atoms with E-state index in [4.69, 9.17) is 5.26 Å². The number of nitriles is 1. The molecule has 2 rings (SSSR count). The molecule has 1 fully saturated rings. The number of benzene rings is 1. The summed E-state index contributed by atoms with van der Waals surface area (Å²) < 4.78 is 27.7. The quantitative estimate of drug-likeness (QED) is 0.931. The lowest BCUT2D eigenvalue weighted by Crippen LogP contribution is -2.34. The molecule has 0 spiro atoms. The summed E-state index contributed by atoms with van der Waals surface area (Å²) in [5, 5.41) is 8.91. The fourth-order valence-electron chi connectivity index (χ4n) is 2.78. The minimum atomic E-state index is -3.56. The Labute approximate surface area is 120 Å². The predicted octanol–water partition coefficient (Wildman–Crippen LogP) is 2.72. The molecule has 1 aliphatic carbocycles. The second kappa shape index (κ2) is 5.19. The van der Waals surface area contributed by atoms with Crippen LogP contribution in [0.4, 0.5) is 0 Å². The van der Waals surface area contributed by atoms with Gasteiger partial charge in [-0.1, -0.05) is 19.9 Å². The number of sulfonamides is 1. The number of nitrogens with one attached hydrogen (secondary N) is 1. The second-order valence-corrected chi connectivity index (χ2v) is 8.00. The van der Waals surface area contributed by atoms with E-state index in [1.54, 1.807) is 19.1 Å². The number of hydrogen-bond donors (Lipinski definition) is 1. The van der Waals surface area contributed by atoms with Crippen LogP contribution in [0.1, 0.15) is 44.2 Å². The van der Waals surface area contributed by atoms with E-state index in [1.165, 1.54) is 6.07 Å². The third-order valence-corrected chi connectivity index (χ3v) is 5.56. The van der Waals surface area contributed by atoms with E-state index in [1.807, 2.05) is 6.07 Å². The van der Waals surface area contributed by atoms with Gasteiger partial charge in [-0.15, -0.1) is 0 Å². The van der Waals surface area contributed by atoms with Crippen LogP contribution >= 0.6 is 0 Å². The van der Waals surface area contributed by atoms with Crippen molar-refractivity contribution in [3.63, 3.8) is 0 Å². The van der Waals surface area contributed by atoms with Crippen molar-refractivity contribution < 1.29 is 8.42 Å². The Morgan fingerprint density at radius 3 is 2.65 bits per heavy atom. The first-order valence-corrected chi connectivity index (χ1v) is 8.25. The molecule has 20 heavy (non-hydrogen) atoms. The fourth-order valence-corrected chi connectivity index (χ4v) is 4.32. The Kier molecular flexibility index (Phi) is 3.90. The minimum absolute atomic E-state index is 0.0138. The molecule has 0 saturated heterocycles.